The van der Waals surface area contributed by atoms with Crippen LogP contribution in [0, 0.1) is 0 Å². The topological polar surface area (TPSA) is 85.9 Å². The Bertz CT molecular complexity index is 903. The van der Waals surface area contributed by atoms with E-state index in [4.69, 9.17) is 25.8 Å². The van der Waals surface area contributed by atoms with Gasteiger partial charge in [-0.15, -0.1) is 0 Å². The molecule has 1 atom stereocenters. The molecule has 0 fully saturated rings. The summed E-state index contributed by atoms with van der Waals surface area (Å²) in [5.41, 5.74) is 1.14. The predicted molar refractivity (Wildman–Crippen MR) is 110 cm³/mol. The number of ether oxygens (including phenoxy) is 3. The van der Waals surface area contributed by atoms with Gasteiger partial charge < -0.3 is 24.8 Å². The largest absolute Gasteiger partial charge is 0.490 e. The zero-order chi connectivity index (χ0) is 20.8. The summed E-state index contributed by atoms with van der Waals surface area (Å²) >= 11 is 5.96. The molecule has 1 heterocycles. The lowest BCUT2D eigenvalue weighted by atomic mass is 10.1. The molecule has 0 saturated heterocycles. The number of rotatable bonds is 8. The van der Waals surface area contributed by atoms with Gasteiger partial charge in [-0.25, -0.2) is 0 Å². The Hall–Kier alpha value is -2.93. The number of anilines is 1. The van der Waals surface area contributed by atoms with Gasteiger partial charge >= 0.3 is 5.97 Å². The number of para-hydroxylation sites is 1. The fraction of sp³-hybridized carbons (Fsp3) is 0.333. The number of hydrogen-bond donors (Lipinski definition) is 2. The van der Waals surface area contributed by atoms with Gasteiger partial charge in [-0.1, -0.05) is 24.6 Å². The molecule has 2 N–H and O–H groups in total. The predicted octanol–water partition coefficient (Wildman–Crippen LogP) is 4.00. The molecule has 29 heavy (non-hydrogen) atoms. The highest BCUT2D eigenvalue weighted by Gasteiger charge is 2.25. The van der Waals surface area contributed by atoms with Gasteiger partial charge in [0.15, 0.2) is 11.5 Å². The highest BCUT2D eigenvalue weighted by atomic mass is 35.5. The molecule has 0 bridgehead atoms. The standard InChI is InChI=1S/C21H23ClN2O5/c1-3-6-19(25)29-20-16(27-4-2)7-5-8-17(20)28-12-18-23-15-10-9-13(22)11-14(15)21(26)24-18/h5,7-11,18,23H,3-4,6,12H2,1-2H3,(H,24,26). The minimum atomic E-state index is -0.467. The summed E-state index contributed by atoms with van der Waals surface area (Å²) in [6, 6.07) is 10.2. The molecule has 0 aromatic heterocycles. The molecule has 2 aromatic rings. The molecule has 8 heteroatoms. The summed E-state index contributed by atoms with van der Waals surface area (Å²) in [6.45, 7) is 4.27. The van der Waals surface area contributed by atoms with E-state index >= 15 is 0 Å². The highest BCUT2D eigenvalue weighted by molar-refractivity contribution is 6.31. The van der Waals surface area contributed by atoms with Crippen molar-refractivity contribution >= 4 is 29.2 Å². The van der Waals surface area contributed by atoms with E-state index in [1.54, 1.807) is 36.4 Å². The van der Waals surface area contributed by atoms with Crippen LogP contribution in [0.1, 0.15) is 37.0 Å². The van der Waals surface area contributed by atoms with Crippen molar-refractivity contribution in [2.75, 3.05) is 18.5 Å². The van der Waals surface area contributed by atoms with Crippen LogP contribution in [-0.2, 0) is 4.79 Å². The number of carbonyl (C=O) groups is 2. The lowest BCUT2D eigenvalue weighted by molar-refractivity contribution is -0.134. The Morgan fingerprint density at radius 3 is 2.59 bits per heavy atom. The van der Waals surface area contributed by atoms with E-state index in [0.29, 0.717) is 47.2 Å². The van der Waals surface area contributed by atoms with E-state index in [1.165, 1.54) is 0 Å². The summed E-state index contributed by atoms with van der Waals surface area (Å²) in [6.07, 6.45) is 0.498. The van der Waals surface area contributed by atoms with Gasteiger partial charge in [-0.3, -0.25) is 9.59 Å². The van der Waals surface area contributed by atoms with Crippen molar-refractivity contribution in [3.05, 3.63) is 47.0 Å². The van der Waals surface area contributed by atoms with E-state index in [1.807, 2.05) is 13.8 Å². The minimum absolute atomic E-state index is 0.113. The number of benzene rings is 2. The number of halogens is 1. The van der Waals surface area contributed by atoms with Crippen LogP contribution in [0.25, 0.3) is 0 Å². The Morgan fingerprint density at radius 2 is 1.86 bits per heavy atom. The molecule has 0 radical (unpaired) electrons. The van der Waals surface area contributed by atoms with Crippen LogP contribution >= 0.6 is 11.6 Å². The molecule has 1 amide bonds. The third-order valence-corrected chi connectivity index (χ3v) is 4.41. The monoisotopic (exact) mass is 418 g/mol. The molecule has 1 aliphatic heterocycles. The molecule has 0 saturated carbocycles. The van der Waals surface area contributed by atoms with E-state index in [-0.39, 0.29) is 24.2 Å². The first kappa shape index (κ1) is 20.8. The molecular weight excluding hydrogens is 396 g/mol. The average molecular weight is 419 g/mol. The van der Waals surface area contributed by atoms with Gasteiger partial charge in [0.05, 0.1) is 12.2 Å². The lowest BCUT2D eigenvalue weighted by Gasteiger charge is -2.28. The van der Waals surface area contributed by atoms with Crippen molar-refractivity contribution < 1.29 is 23.8 Å². The van der Waals surface area contributed by atoms with E-state index < -0.39 is 6.17 Å². The zero-order valence-electron chi connectivity index (χ0n) is 16.3. The molecule has 7 nitrogen and oxygen atoms in total. The molecule has 1 unspecified atom stereocenters. The van der Waals surface area contributed by atoms with Crippen LogP contribution in [-0.4, -0.2) is 31.3 Å². The van der Waals surface area contributed by atoms with Gasteiger partial charge in [0.1, 0.15) is 12.8 Å². The van der Waals surface area contributed by atoms with Crippen LogP contribution in [0.2, 0.25) is 5.02 Å². The maximum atomic E-state index is 12.3. The van der Waals surface area contributed by atoms with Crippen molar-refractivity contribution in [1.82, 2.24) is 5.32 Å². The highest BCUT2D eigenvalue weighted by Crippen LogP contribution is 2.38. The molecule has 2 aromatic carbocycles. The van der Waals surface area contributed by atoms with Crippen LogP contribution in [0.4, 0.5) is 5.69 Å². The maximum absolute atomic E-state index is 12.3. The normalized spacial score (nSPS) is 15.0. The SMILES string of the molecule is CCCC(=O)Oc1c(OCC)cccc1OCC1NC(=O)c2cc(Cl)ccc2N1. The van der Waals surface area contributed by atoms with Crippen LogP contribution in [0.3, 0.4) is 0 Å². The molecule has 1 aliphatic rings. The van der Waals surface area contributed by atoms with Gasteiger partial charge in [0.25, 0.3) is 5.91 Å². The Balaban J connectivity index is 1.74. The summed E-state index contributed by atoms with van der Waals surface area (Å²) in [4.78, 5) is 24.3. The number of esters is 1. The number of fused-ring (bicyclic) bond motifs is 1. The Morgan fingerprint density at radius 1 is 1.10 bits per heavy atom. The number of amides is 1. The van der Waals surface area contributed by atoms with Gasteiger partial charge in [0.2, 0.25) is 5.75 Å². The molecular formula is C21H23ClN2O5. The van der Waals surface area contributed by atoms with Gasteiger partial charge in [0, 0.05) is 17.1 Å². The molecule has 3 rings (SSSR count). The first-order valence-electron chi connectivity index (χ1n) is 9.48. The lowest BCUT2D eigenvalue weighted by Crippen LogP contribution is -2.48. The Labute approximate surface area is 174 Å². The first-order valence-corrected chi connectivity index (χ1v) is 9.85. The summed E-state index contributed by atoms with van der Waals surface area (Å²) in [5, 5.41) is 6.50. The summed E-state index contributed by atoms with van der Waals surface area (Å²) in [7, 11) is 0. The second kappa shape index (κ2) is 9.52. The average Bonchev–Trinajstić information content (AvgIpc) is 2.69. The van der Waals surface area contributed by atoms with E-state index in [2.05, 4.69) is 10.6 Å². The minimum Gasteiger partial charge on any atom is -0.490 e. The second-order valence-corrected chi connectivity index (χ2v) is 6.85. The maximum Gasteiger partial charge on any atom is 0.311 e. The zero-order valence-corrected chi connectivity index (χ0v) is 17.0. The fourth-order valence-electron chi connectivity index (χ4n) is 2.89. The number of carbonyl (C=O) groups excluding carboxylic acids is 2. The third kappa shape index (κ3) is 5.12. The van der Waals surface area contributed by atoms with Crippen molar-refractivity contribution in [3.63, 3.8) is 0 Å². The molecule has 0 aliphatic carbocycles. The first-order chi connectivity index (χ1) is 14.0. The quantitative estimate of drug-likeness (QED) is 0.497. The van der Waals surface area contributed by atoms with Crippen molar-refractivity contribution in [2.24, 2.45) is 0 Å². The number of nitrogens with one attached hydrogen (secondary N) is 2. The summed E-state index contributed by atoms with van der Waals surface area (Å²) in [5.74, 6) is 0.419. The van der Waals surface area contributed by atoms with E-state index in [0.717, 1.165) is 0 Å². The van der Waals surface area contributed by atoms with Crippen molar-refractivity contribution in [3.8, 4) is 17.2 Å². The fourth-order valence-corrected chi connectivity index (χ4v) is 3.07. The van der Waals surface area contributed by atoms with Crippen LogP contribution < -0.4 is 24.8 Å². The van der Waals surface area contributed by atoms with E-state index in [9.17, 15) is 9.59 Å². The van der Waals surface area contributed by atoms with Gasteiger partial charge in [-0.05, 0) is 43.7 Å². The third-order valence-electron chi connectivity index (χ3n) is 4.18. The van der Waals surface area contributed by atoms with Gasteiger partial charge in [-0.2, -0.15) is 0 Å². The second-order valence-electron chi connectivity index (χ2n) is 6.41. The number of hydrogen-bond acceptors (Lipinski definition) is 6. The Kier molecular flexibility index (Phi) is 6.82. The van der Waals surface area contributed by atoms with Crippen molar-refractivity contribution in [2.45, 2.75) is 32.9 Å². The van der Waals surface area contributed by atoms with Crippen molar-refractivity contribution in [1.29, 1.82) is 0 Å². The van der Waals surface area contributed by atoms with Crippen LogP contribution in [0.5, 0.6) is 17.2 Å². The molecule has 0 spiro atoms. The smallest absolute Gasteiger partial charge is 0.311 e. The molecule has 154 valence electrons. The summed E-state index contributed by atoms with van der Waals surface area (Å²) < 4.78 is 16.9. The van der Waals surface area contributed by atoms with Crippen LogP contribution in [0.15, 0.2) is 36.4 Å².